The first-order valence-corrected chi connectivity index (χ1v) is 8.72. The Morgan fingerprint density at radius 2 is 1.87 bits per heavy atom. The first-order chi connectivity index (χ1) is 10.9. The van der Waals surface area contributed by atoms with Crippen molar-refractivity contribution in [3.63, 3.8) is 0 Å². The molecule has 0 aliphatic carbocycles. The van der Waals surface area contributed by atoms with E-state index in [1.54, 1.807) is 43.5 Å². The third kappa shape index (κ3) is 3.02. The number of pyridine rings is 1. The lowest BCUT2D eigenvalue weighted by molar-refractivity contribution is 0.487. The molecule has 3 rings (SSSR count). The van der Waals surface area contributed by atoms with Crippen molar-refractivity contribution < 1.29 is 12.6 Å². The van der Waals surface area contributed by atoms with Crippen LogP contribution in [0.2, 0.25) is 5.02 Å². The lowest BCUT2D eigenvalue weighted by Gasteiger charge is -2.12. The quantitative estimate of drug-likeness (QED) is 0.664. The topological polar surface area (TPSA) is 56.3 Å². The SMILES string of the molecule is Cc1ccc(C)c(S(=O)(=O)Oc2ccc(Cl)c3cccnc23)c1. The van der Waals surface area contributed by atoms with Crippen LogP contribution in [0.15, 0.2) is 53.6 Å². The van der Waals surface area contributed by atoms with Gasteiger partial charge < -0.3 is 4.18 Å². The molecule has 0 aliphatic heterocycles. The zero-order valence-corrected chi connectivity index (χ0v) is 14.1. The number of benzene rings is 2. The predicted octanol–water partition coefficient (Wildman–Crippen LogP) is 4.27. The smallest absolute Gasteiger partial charge is 0.339 e. The molecule has 3 aromatic rings. The molecule has 1 aromatic heterocycles. The Labute approximate surface area is 139 Å². The second kappa shape index (κ2) is 5.83. The number of fused-ring (bicyclic) bond motifs is 1. The van der Waals surface area contributed by atoms with Crippen LogP contribution in [-0.4, -0.2) is 13.4 Å². The lowest BCUT2D eigenvalue weighted by atomic mass is 10.2. The average molecular weight is 348 g/mol. The molecule has 0 spiro atoms. The predicted molar refractivity (Wildman–Crippen MR) is 90.5 cm³/mol. The van der Waals surface area contributed by atoms with Gasteiger partial charge in [0.2, 0.25) is 0 Å². The molecule has 0 fully saturated rings. The summed E-state index contributed by atoms with van der Waals surface area (Å²) >= 11 is 6.12. The van der Waals surface area contributed by atoms with Gasteiger partial charge in [-0.25, -0.2) is 0 Å². The van der Waals surface area contributed by atoms with Crippen LogP contribution >= 0.6 is 11.6 Å². The summed E-state index contributed by atoms with van der Waals surface area (Å²) in [6.45, 7) is 3.56. The van der Waals surface area contributed by atoms with Crippen LogP contribution in [0.4, 0.5) is 0 Å². The number of hydrogen-bond acceptors (Lipinski definition) is 4. The number of aromatic nitrogens is 1. The Hall–Kier alpha value is -2.11. The Bertz CT molecular complexity index is 1000. The summed E-state index contributed by atoms with van der Waals surface area (Å²) in [6, 6.07) is 11.8. The molecule has 0 unspecified atom stereocenters. The van der Waals surface area contributed by atoms with Crippen molar-refractivity contribution in [2.24, 2.45) is 0 Å². The maximum absolute atomic E-state index is 12.6. The summed E-state index contributed by atoms with van der Waals surface area (Å²) in [6.07, 6.45) is 1.57. The van der Waals surface area contributed by atoms with E-state index in [-0.39, 0.29) is 10.6 Å². The summed E-state index contributed by atoms with van der Waals surface area (Å²) in [5.41, 5.74) is 1.88. The van der Waals surface area contributed by atoms with Gasteiger partial charge in [-0.2, -0.15) is 8.42 Å². The summed E-state index contributed by atoms with van der Waals surface area (Å²) < 4.78 is 30.6. The first kappa shape index (κ1) is 15.8. The highest BCUT2D eigenvalue weighted by Crippen LogP contribution is 2.32. The minimum absolute atomic E-state index is 0.150. The zero-order valence-electron chi connectivity index (χ0n) is 12.6. The summed E-state index contributed by atoms with van der Waals surface area (Å²) in [5, 5.41) is 1.13. The monoisotopic (exact) mass is 347 g/mol. The number of nitrogens with zero attached hydrogens (tertiary/aromatic N) is 1. The van der Waals surface area contributed by atoms with Gasteiger partial charge in [-0.05, 0) is 55.3 Å². The third-order valence-corrected chi connectivity index (χ3v) is 5.20. The van der Waals surface area contributed by atoms with Crippen molar-refractivity contribution in [2.75, 3.05) is 0 Å². The minimum atomic E-state index is -3.95. The van der Waals surface area contributed by atoms with E-state index in [0.29, 0.717) is 21.5 Å². The third-order valence-electron chi connectivity index (χ3n) is 3.49. The fourth-order valence-corrected chi connectivity index (χ4v) is 3.79. The van der Waals surface area contributed by atoms with Crippen LogP contribution in [0.3, 0.4) is 0 Å². The molecule has 0 saturated carbocycles. The number of rotatable bonds is 3. The molecule has 6 heteroatoms. The van der Waals surface area contributed by atoms with Crippen LogP contribution in [0, 0.1) is 13.8 Å². The second-order valence-corrected chi connectivity index (χ2v) is 7.17. The molecule has 23 heavy (non-hydrogen) atoms. The molecule has 4 nitrogen and oxygen atoms in total. The van der Waals surface area contributed by atoms with Crippen molar-refractivity contribution in [2.45, 2.75) is 18.7 Å². The van der Waals surface area contributed by atoms with Gasteiger partial charge in [-0.15, -0.1) is 0 Å². The van der Waals surface area contributed by atoms with Gasteiger partial charge in [0.25, 0.3) is 0 Å². The lowest BCUT2D eigenvalue weighted by Crippen LogP contribution is -2.12. The summed E-state index contributed by atoms with van der Waals surface area (Å²) in [5.74, 6) is 0.158. The van der Waals surface area contributed by atoms with Crippen molar-refractivity contribution in [1.29, 1.82) is 0 Å². The van der Waals surface area contributed by atoms with Crippen molar-refractivity contribution >= 4 is 32.6 Å². The first-order valence-electron chi connectivity index (χ1n) is 6.93. The molecule has 0 radical (unpaired) electrons. The standard InChI is InChI=1S/C17H14ClNO3S/c1-11-5-6-12(2)16(10-11)23(20,21)22-15-8-7-14(18)13-4-3-9-19-17(13)15/h3-10H,1-2H3. The Kier molecular flexibility index (Phi) is 4.00. The number of halogens is 1. The van der Waals surface area contributed by atoms with Gasteiger partial charge in [0.15, 0.2) is 5.75 Å². The molecular formula is C17H14ClNO3S. The van der Waals surface area contributed by atoms with Gasteiger partial charge in [-0.3, -0.25) is 4.98 Å². The highest BCUT2D eigenvalue weighted by atomic mass is 35.5. The van der Waals surface area contributed by atoms with E-state index in [4.69, 9.17) is 15.8 Å². The Morgan fingerprint density at radius 3 is 2.65 bits per heavy atom. The van der Waals surface area contributed by atoms with Crippen LogP contribution in [0.1, 0.15) is 11.1 Å². The Balaban J connectivity index is 2.12. The maximum atomic E-state index is 12.6. The molecule has 0 amide bonds. The summed E-state index contributed by atoms with van der Waals surface area (Å²) in [4.78, 5) is 4.34. The van der Waals surface area contributed by atoms with Crippen molar-refractivity contribution in [1.82, 2.24) is 4.98 Å². The van der Waals surface area contributed by atoms with Gasteiger partial charge in [0.1, 0.15) is 10.4 Å². The van der Waals surface area contributed by atoms with Gasteiger partial charge in [0, 0.05) is 11.6 Å². The molecule has 0 bridgehead atoms. The van der Waals surface area contributed by atoms with E-state index < -0.39 is 10.1 Å². The van der Waals surface area contributed by atoms with E-state index in [2.05, 4.69) is 4.98 Å². The fraction of sp³-hybridized carbons (Fsp3) is 0.118. The number of hydrogen-bond donors (Lipinski definition) is 0. The van der Waals surface area contributed by atoms with Crippen LogP contribution in [0.5, 0.6) is 5.75 Å². The second-order valence-electron chi connectivity index (χ2n) is 5.25. The summed E-state index contributed by atoms with van der Waals surface area (Å²) in [7, 11) is -3.95. The van der Waals surface area contributed by atoms with Crippen LogP contribution in [-0.2, 0) is 10.1 Å². The molecule has 1 heterocycles. The van der Waals surface area contributed by atoms with E-state index >= 15 is 0 Å². The van der Waals surface area contributed by atoms with Crippen molar-refractivity contribution in [3.8, 4) is 5.75 Å². The molecular weight excluding hydrogens is 334 g/mol. The fourth-order valence-electron chi connectivity index (χ4n) is 2.32. The van der Waals surface area contributed by atoms with Gasteiger partial charge >= 0.3 is 10.1 Å². The number of aryl methyl sites for hydroxylation is 2. The molecule has 0 N–H and O–H groups in total. The highest BCUT2D eigenvalue weighted by molar-refractivity contribution is 7.87. The van der Waals surface area contributed by atoms with Crippen LogP contribution in [0.25, 0.3) is 10.9 Å². The zero-order chi connectivity index (χ0) is 16.6. The van der Waals surface area contributed by atoms with E-state index in [0.717, 1.165) is 5.56 Å². The van der Waals surface area contributed by atoms with Gasteiger partial charge in [-0.1, -0.05) is 23.7 Å². The minimum Gasteiger partial charge on any atom is -0.377 e. The average Bonchev–Trinajstić information content (AvgIpc) is 2.52. The van der Waals surface area contributed by atoms with E-state index in [9.17, 15) is 8.42 Å². The molecule has 0 atom stereocenters. The largest absolute Gasteiger partial charge is 0.377 e. The molecule has 0 saturated heterocycles. The molecule has 118 valence electrons. The highest BCUT2D eigenvalue weighted by Gasteiger charge is 2.21. The van der Waals surface area contributed by atoms with Crippen molar-refractivity contribution in [3.05, 3.63) is 64.8 Å². The normalized spacial score (nSPS) is 11.6. The molecule has 0 aliphatic rings. The van der Waals surface area contributed by atoms with Gasteiger partial charge in [0.05, 0.1) is 5.02 Å². The Morgan fingerprint density at radius 1 is 1.09 bits per heavy atom. The van der Waals surface area contributed by atoms with Crippen LogP contribution < -0.4 is 4.18 Å². The maximum Gasteiger partial charge on any atom is 0.339 e. The van der Waals surface area contributed by atoms with E-state index in [1.165, 1.54) is 6.07 Å². The molecule has 2 aromatic carbocycles. The van der Waals surface area contributed by atoms with E-state index in [1.807, 2.05) is 13.0 Å².